The lowest BCUT2D eigenvalue weighted by molar-refractivity contribution is 0.103. The van der Waals surface area contributed by atoms with Crippen LogP contribution in [0.2, 0.25) is 0 Å². The summed E-state index contributed by atoms with van der Waals surface area (Å²) in [6, 6.07) is 16.2. The second-order valence-corrected chi connectivity index (χ2v) is 7.78. The largest absolute Gasteiger partial charge is 0.494 e. The van der Waals surface area contributed by atoms with E-state index in [9.17, 15) is 9.36 Å². The Morgan fingerprint density at radius 3 is 2.04 bits per heavy atom. The van der Waals surface area contributed by atoms with E-state index in [1.807, 2.05) is 18.2 Å². The molecular formula is C20H25O5P. The maximum Gasteiger partial charge on any atom is 0.330 e. The quantitative estimate of drug-likeness (QED) is 0.315. The molecule has 0 spiro atoms. The zero-order valence-corrected chi connectivity index (χ0v) is 16.1. The van der Waals surface area contributed by atoms with Gasteiger partial charge in [0.05, 0.1) is 26.0 Å². The molecule has 0 aromatic heterocycles. The van der Waals surface area contributed by atoms with E-state index in [1.54, 1.807) is 50.2 Å². The van der Waals surface area contributed by atoms with Crippen molar-refractivity contribution in [3.8, 4) is 5.75 Å². The van der Waals surface area contributed by atoms with Crippen LogP contribution in [0.5, 0.6) is 5.75 Å². The van der Waals surface area contributed by atoms with Gasteiger partial charge < -0.3 is 13.8 Å². The van der Waals surface area contributed by atoms with Crippen molar-refractivity contribution in [3.63, 3.8) is 0 Å². The summed E-state index contributed by atoms with van der Waals surface area (Å²) in [6.07, 6.45) is 0.876. The lowest BCUT2D eigenvalue weighted by Gasteiger charge is -2.16. The van der Waals surface area contributed by atoms with Gasteiger partial charge >= 0.3 is 7.60 Å². The van der Waals surface area contributed by atoms with E-state index >= 15 is 0 Å². The van der Waals surface area contributed by atoms with E-state index in [1.165, 1.54) is 0 Å². The molecule has 0 amide bonds. The van der Waals surface area contributed by atoms with Crippen LogP contribution in [0.15, 0.2) is 54.6 Å². The molecule has 26 heavy (non-hydrogen) atoms. The zero-order chi connectivity index (χ0) is 18.8. The molecule has 2 rings (SSSR count). The average molecular weight is 376 g/mol. The average Bonchev–Trinajstić information content (AvgIpc) is 2.66. The van der Waals surface area contributed by atoms with Crippen LogP contribution >= 0.6 is 7.60 Å². The van der Waals surface area contributed by atoms with Crippen LogP contribution in [-0.4, -0.2) is 31.8 Å². The summed E-state index contributed by atoms with van der Waals surface area (Å²) < 4.78 is 28.5. The number of benzene rings is 2. The van der Waals surface area contributed by atoms with Crippen molar-refractivity contribution in [2.24, 2.45) is 0 Å². The van der Waals surface area contributed by atoms with Crippen LogP contribution in [0.3, 0.4) is 0 Å². The van der Waals surface area contributed by atoms with Crippen molar-refractivity contribution < 1.29 is 23.1 Å². The molecule has 0 aliphatic carbocycles. The first-order chi connectivity index (χ1) is 12.6. The standard InChI is InChI=1S/C20H25O5P/c1-3-24-26(22,25-4-2)16-8-15-23-19-13-11-18(12-14-19)20(21)17-9-6-5-7-10-17/h5-7,9-14H,3-4,8,15-16H2,1-2H3. The predicted octanol–water partition coefficient (Wildman–Crippen LogP) is 4.95. The second kappa shape index (κ2) is 10.3. The molecule has 5 nitrogen and oxygen atoms in total. The molecule has 2 aromatic carbocycles. The van der Waals surface area contributed by atoms with Gasteiger partial charge in [0.2, 0.25) is 0 Å². The number of hydrogen-bond acceptors (Lipinski definition) is 5. The first-order valence-corrected chi connectivity index (χ1v) is 10.5. The van der Waals surface area contributed by atoms with E-state index in [4.69, 9.17) is 13.8 Å². The van der Waals surface area contributed by atoms with Gasteiger partial charge in [-0.05, 0) is 44.5 Å². The lowest BCUT2D eigenvalue weighted by Crippen LogP contribution is -2.05. The highest BCUT2D eigenvalue weighted by molar-refractivity contribution is 7.53. The number of carbonyl (C=O) groups excluding carboxylic acids is 1. The number of ketones is 1. The Hall–Kier alpha value is -1.94. The fourth-order valence-electron chi connectivity index (χ4n) is 2.47. The molecule has 0 saturated carbocycles. The number of carbonyl (C=O) groups is 1. The van der Waals surface area contributed by atoms with Crippen molar-refractivity contribution in [2.45, 2.75) is 20.3 Å². The van der Waals surface area contributed by atoms with Crippen LogP contribution in [0.1, 0.15) is 36.2 Å². The third kappa shape index (κ3) is 6.10. The molecule has 0 bridgehead atoms. The van der Waals surface area contributed by atoms with Crippen LogP contribution in [0, 0.1) is 0 Å². The summed E-state index contributed by atoms with van der Waals surface area (Å²) in [6.45, 7) is 4.70. The van der Waals surface area contributed by atoms with Gasteiger partial charge in [-0.1, -0.05) is 30.3 Å². The minimum Gasteiger partial charge on any atom is -0.494 e. The van der Waals surface area contributed by atoms with Gasteiger partial charge in [0, 0.05) is 11.1 Å². The molecular weight excluding hydrogens is 351 g/mol. The van der Waals surface area contributed by atoms with Crippen LogP contribution in [0.4, 0.5) is 0 Å². The molecule has 0 unspecified atom stereocenters. The van der Waals surface area contributed by atoms with E-state index < -0.39 is 7.60 Å². The smallest absolute Gasteiger partial charge is 0.330 e. The molecule has 0 saturated heterocycles. The van der Waals surface area contributed by atoms with E-state index in [0.29, 0.717) is 49.3 Å². The van der Waals surface area contributed by atoms with Gasteiger partial charge in [-0.2, -0.15) is 0 Å². The summed E-state index contributed by atoms with van der Waals surface area (Å²) in [5.41, 5.74) is 1.27. The fraction of sp³-hybridized carbons (Fsp3) is 0.350. The van der Waals surface area contributed by atoms with Crippen molar-refractivity contribution in [3.05, 3.63) is 65.7 Å². The molecule has 0 N–H and O–H groups in total. The first-order valence-electron chi connectivity index (χ1n) is 8.78. The first kappa shape index (κ1) is 20.4. The molecule has 0 fully saturated rings. The fourth-order valence-corrected chi connectivity index (χ4v) is 4.10. The van der Waals surface area contributed by atoms with E-state index in [0.717, 1.165) is 0 Å². The summed E-state index contributed by atoms with van der Waals surface area (Å²) in [7, 11) is -3.02. The summed E-state index contributed by atoms with van der Waals surface area (Å²) in [5.74, 6) is 0.642. The Morgan fingerprint density at radius 2 is 1.46 bits per heavy atom. The highest BCUT2D eigenvalue weighted by Gasteiger charge is 2.22. The Kier molecular flexibility index (Phi) is 8.05. The minimum atomic E-state index is -3.02. The van der Waals surface area contributed by atoms with Crippen molar-refractivity contribution in [1.29, 1.82) is 0 Å². The lowest BCUT2D eigenvalue weighted by atomic mass is 10.0. The SMILES string of the molecule is CCOP(=O)(CCCOc1ccc(C(=O)c2ccccc2)cc1)OCC. The third-order valence-electron chi connectivity index (χ3n) is 3.65. The highest BCUT2D eigenvalue weighted by atomic mass is 31.2. The summed E-state index contributed by atoms with van der Waals surface area (Å²) in [5, 5.41) is 0. The van der Waals surface area contributed by atoms with Gasteiger partial charge in [-0.15, -0.1) is 0 Å². The zero-order valence-electron chi connectivity index (χ0n) is 15.2. The summed E-state index contributed by atoms with van der Waals surface area (Å²) >= 11 is 0. The Balaban J connectivity index is 1.84. The Morgan fingerprint density at radius 1 is 0.885 bits per heavy atom. The Labute approximate surface area is 154 Å². The van der Waals surface area contributed by atoms with E-state index in [-0.39, 0.29) is 5.78 Å². The minimum absolute atomic E-state index is 0.0217. The molecule has 0 radical (unpaired) electrons. The van der Waals surface area contributed by atoms with Crippen LogP contribution in [0.25, 0.3) is 0 Å². The third-order valence-corrected chi connectivity index (χ3v) is 5.82. The molecule has 140 valence electrons. The van der Waals surface area contributed by atoms with Gasteiger partial charge in [-0.25, -0.2) is 0 Å². The molecule has 0 heterocycles. The van der Waals surface area contributed by atoms with Gasteiger partial charge in [0.1, 0.15) is 5.75 Å². The number of hydrogen-bond donors (Lipinski definition) is 0. The maximum absolute atomic E-state index is 12.4. The highest BCUT2D eigenvalue weighted by Crippen LogP contribution is 2.48. The maximum atomic E-state index is 12.4. The molecule has 0 aliphatic heterocycles. The predicted molar refractivity (Wildman–Crippen MR) is 102 cm³/mol. The number of rotatable bonds is 11. The van der Waals surface area contributed by atoms with E-state index in [2.05, 4.69) is 0 Å². The van der Waals surface area contributed by atoms with Crippen LogP contribution < -0.4 is 4.74 Å². The Bertz CT molecular complexity index is 718. The van der Waals surface area contributed by atoms with Gasteiger partial charge in [0.15, 0.2) is 5.78 Å². The topological polar surface area (TPSA) is 61.8 Å². The monoisotopic (exact) mass is 376 g/mol. The molecule has 2 aromatic rings. The van der Waals surface area contributed by atoms with Crippen molar-refractivity contribution in [1.82, 2.24) is 0 Å². The van der Waals surface area contributed by atoms with Crippen molar-refractivity contribution in [2.75, 3.05) is 26.0 Å². The molecule has 6 heteroatoms. The normalized spacial score (nSPS) is 11.3. The van der Waals surface area contributed by atoms with Crippen LogP contribution in [-0.2, 0) is 13.6 Å². The van der Waals surface area contributed by atoms with Gasteiger partial charge in [-0.3, -0.25) is 9.36 Å². The number of ether oxygens (including phenoxy) is 1. The van der Waals surface area contributed by atoms with Gasteiger partial charge in [0.25, 0.3) is 0 Å². The molecule has 0 atom stereocenters. The second-order valence-electron chi connectivity index (χ2n) is 5.59. The van der Waals surface area contributed by atoms with Crippen molar-refractivity contribution >= 4 is 13.4 Å². The summed E-state index contributed by atoms with van der Waals surface area (Å²) in [4.78, 5) is 12.4. The molecule has 0 aliphatic rings.